The Morgan fingerprint density at radius 2 is 2.09 bits per heavy atom. The second kappa shape index (κ2) is 8.89. The number of benzene rings is 1. The van der Waals surface area contributed by atoms with Crippen molar-refractivity contribution in [3.8, 4) is 5.13 Å². The number of carbonyl (C=O) groups is 1. The van der Waals surface area contributed by atoms with Gasteiger partial charge in [0.2, 0.25) is 15.2 Å². The number of aromatic carboxylic acids is 1. The topological polar surface area (TPSA) is 128 Å². The normalized spacial score (nSPS) is 15.9. The van der Waals surface area contributed by atoms with Crippen LogP contribution in [-0.2, 0) is 16.4 Å². The van der Waals surface area contributed by atoms with E-state index in [4.69, 9.17) is 10.2 Å². The zero-order chi connectivity index (χ0) is 23.8. The number of nitrogens with zero attached hydrogens (tertiary/aromatic N) is 3. The smallest absolute Gasteiger partial charge is 0.355 e. The Balaban J connectivity index is 1.83. The molecule has 0 radical (unpaired) electrons. The largest absolute Gasteiger partial charge is 0.476 e. The average molecular weight is 483 g/mol. The van der Waals surface area contributed by atoms with Gasteiger partial charge < -0.3 is 5.11 Å². The summed E-state index contributed by atoms with van der Waals surface area (Å²) in [6, 6.07) is 6.40. The molecule has 1 atom stereocenters. The predicted octanol–water partition coefficient (Wildman–Crippen LogP) is 3.89. The van der Waals surface area contributed by atoms with Crippen molar-refractivity contribution >= 4 is 39.0 Å². The number of sulfonamides is 1. The molecule has 4 rings (SSSR count). The van der Waals surface area contributed by atoms with Gasteiger partial charge in [-0.3, -0.25) is 0 Å². The monoisotopic (exact) mass is 482 g/mol. The Hall–Kier alpha value is -3.34. The standard InChI is InChI=1S/C23H22N4O4S2/c1-3-20-18(12-15-7-9-17(10-8-15)33(24,30)31)21(16-6-4-5-14(2)11-16)26-27(20)23-25-19(13-32-23)22(28)29/h3-10,13-14H,1,11-12H2,2H3,(H,28,29)(H2,24,30,31). The molecule has 10 heteroatoms. The number of nitrogens with two attached hydrogens (primary N) is 1. The summed E-state index contributed by atoms with van der Waals surface area (Å²) in [5.41, 5.74) is 4.26. The van der Waals surface area contributed by atoms with Crippen molar-refractivity contribution < 1.29 is 18.3 Å². The van der Waals surface area contributed by atoms with Crippen LogP contribution in [0.3, 0.4) is 0 Å². The fraction of sp³-hybridized carbons (Fsp3) is 0.174. The lowest BCUT2D eigenvalue weighted by Crippen LogP contribution is -2.11. The molecule has 0 amide bonds. The summed E-state index contributed by atoms with van der Waals surface area (Å²) in [4.78, 5) is 15.6. The van der Waals surface area contributed by atoms with Gasteiger partial charge in [-0.15, -0.1) is 11.3 Å². The first kappa shape index (κ1) is 22.8. The Labute approximate surface area is 195 Å². The lowest BCUT2D eigenvalue weighted by molar-refractivity contribution is 0.0691. The highest BCUT2D eigenvalue weighted by Gasteiger charge is 2.23. The van der Waals surface area contributed by atoms with Crippen molar-refractivity contribution in [2.45, 2.75) is 24.7 Å². The third-order valence-electron chi connectivity index (χ3n) is 5.32. The van der Waals surface area contributed by atoms with Crippen molar-refractivity contribution in [2.24, 2.45) is 11.1 Å². The third-order valence-corrected chi connectivity index (χ3v) is 7.07. The van der Waals surface area contributed by atoms with Gasteiger partial charge in [-0.05, 0) is 41.7 Å². The molecule has 1 unspecified atom stereocenters. The first-order valence-corrected chi connectivity index (χ1v) is 12.5. The molecule has 0 saturated heterocycles. The number of aromatic nitrogens is 3. The van der Waals surface area contributed by atoms with Gasteiger partial charge in [0.25, 0.3) is 0 Å². The van der Waals surface area contributed by atoms with E-state index < -0.39 is 16.0 Å². The van der Waals surface area contributed by atoms with Crippen LogP contribution in [0.1, 0.15) is 46.3 Å². The lowest BCUT2D eigenvalue weighted by atomic mass is 9.90. The molecule has 1 aliphatic rings. The zero-order valence-corrected chi connectivity index (χ0v) is 19.4. The Kier molecular flexibility index (Phi) is 6.15. The molecule has 0 spiro atoms. The second-order valence-corrected chi connectivity index (χ2v) is 10.2. The van der Waals surface area contributed by atoms with Gasteiger partial charge in [0, 0.05) is 17.4 Å². The van der Waals surface area contributed by atoms with Crippen molar-refractivity contribution in [3.63, 3.8) is 0 Å². The zero-order valence-electron chi connectivity index (χ0n) is 17.8. The van der Waals surface area contributed by atoms with E-state index in [-0.39, 0.29) is 10.6 Å². The van der Waals surface area contributed by atoms with Gasteiger partial charge in [0.05, 0.1) is 16.3 Å². The molecule has 170 valence electrons. The SMILES string of the molecule is C=Cc1c(Cc2ccc(S(N)(=O)=O)cc2)c(C2=CC=CC(C)C2)nn1-c1nc(C(=O)O)cs1. The summed E-state index contributed by atoms with van der Waals surface area (Å²) >= 11 is 1.19. The van der Waals surface area contributed by atoms with Crippen molar-refractivity contribution in [1.82, 2.24) is 14.8 Å². The van der Waals surface area contributed by atoms with E-state index in [1.165, 1.54) is 28.8 Å². The number of primary sulfonamides is 1. The Morgan fingerprint density at radius 1 is 1.36 bits per heavy atom. The van der Waals surface area contributed by atoms with Crippen LogP contribution in [0.15, 0.2) is 59.3 Å². The molecule has 0 bridgehead atoms. The number of carboxylic acid groups (broad SMARTS) is 1. The number of allylic oxidation sites excluding steroid dienone is 4. The van der Waals surface area contributed by atoms with Gasteiger partial charge in [0.15, 0.2) is 5.69 Å². The minimum Gasteiger partial charge on any atom is -0.476 e. The van der Waals surface area contributed by atoms with Crippen LogP contribution in [0.25, 0.3) is 16.8 Å². The Bertz CT molecular complexity index is 1400. The minimum absolute atomic E-state index is 0.0454. The summed E-state index contributed by atoms with van der Waals surface area (Å²) in [6.07, 6.45) is 9.10. The number of hydrogen-bond donors (Lipinski definition) is 2. The van der Waals surface area contributed by atoms with Crippen LogP contribution in [0.5, 0.6) is 0 Å². The number of rotatable bonds is 7. The fourth-order valence-electron chi connectivity index (χ4n) is 3.73. The Morgan fingerprint density at radius 3 is 2.67 bits per heavy atom. The van der Waals surface area contributed by atoms with Crippen LogP contribution >= 0.6 is 11.3 Å². The van der Waals surface area contributed by atoms with Crippen LogP contribution in [0.2, 0.25) is 0 Å². The summed E-state index contributed by atoms with van der Waals surface area (Å²) in [6.45, 7) is 6.08. The van der Waals surface area contributed by atoms with Crippen molar-refractivity contribution in [1.29, 1.82) is 0 Å². The molecule has 2 heterocycles. The highest BCUT2D eigenvalue weighted by atomic mass is 32.2. The number of thiazole rings is 1. The third kappa shape index (κ3) is 4.72. The first-order valence-electron chi connectivity index (χ1n) is 10.1. The van der Waals surface area contributed by atoms with E-state index in [0.29, 0.717) is 23.2 Å². The highest BCUT2D eigenvalue weighted by Crippen LogP contribution is 2.33. The van der Waals surface area contributed by atoms with Gasteiger partial charge in [-0.25, -0.2) is 28.0 Å². The van der Waals surface area contributed by atoms with Crippen molar-refractivity contribution in [2.75, 3.05) is 0 Å². The molecule has 0 aliphatic heterocycles. The molecular formula is C23H22N4O4S2. The molecule has 0 saturated carbocycles. The maximum atomic E-state index is 11.6. The van der Waals surface area contributed by atoms with E-state index in [1.54, 1.807) is 22.9 Å². The van der Waals surface area contributed by atoms with Crippen LogP contribution in [-0.4, -0.2) is 34.3 Å². The first-order chi connectivity index (χ1) is 15.7. The molecule has 1 aliphatic carbocycles. The van der Waals surface area contributed by atoms with E-state index in [1.807, 2.05) is 12.2 Å². The van der Waals surface area contributed by atoms with Gasteiger partial charge >= 0.3 is 5.97 Å². The summed E-state index contributed by atoms with van der Waals surface area (Å²) in [5, 5.41) is 21.2. The van der Waals surface area contributed by atoms with Crippen LogP contribution < -0.4 is 5.14 Å². The molecule has 0 fully saturated rings. The average Bonchev–Trinajstić information content (AvgIpc) is 3.38. The maximum absolute atomic E-state index is 11.6. The van der Waals surface area contributed by atoms with E-state index in [9.17, 15) is 18.3 Å². The van der Waals surface area contributed by atoms with Crippen molar-refractivity contribution in [3.05, 3.63) is 82.7 Å². The number of carboxylic acids is 1. The molecule has 2 aromatic heterocycles. The molecule has 3 aromatic rings. The van der Waals surface area contributed by atoms with Crippen LogP contribution in [0, 0.1) is 5.92 Å². The lowest BCUT2D eigenvalue weighted by Gasteiger charge is -2.14. The highest BCUT2D eigenvalue weighted by molar-refractivity contribution is 7.89. The molecule has 33 heavy (non-hydrogen) atoms. The number of hydrogen-bond acceptors (Lipinski definition) is 6. The van der Waals surface area contributed by atoms with Gasteiger partial charge in [0.1, 0.15) is 0 Å². The maximum Gasteiger partial charge on any atom is 0.355 e. The van der Waals surface area contributed by atoms with E-state index in [0.717, 1.165) is 28.8 Å². The minimum atomic E-state index is -3.78. The van der Waals surface area contributed by atoms with E-state index >= 15 is 0 Å². The predicted molar refractivity (Wildman–Crippen MR) is 128 cm³/mol. The molecule has 8 nitrogen and oxygen atoms in total. The van der Waals surface area contributed by atoms with E-state index in [2.05, 4.69) is 24.6 Å². The summed E-state index contributed by atoms with van der Waals surface area (Å²) < 4.78 is 24.8. The summed E-state index contributed by atoms with van der Waals surface area (Å²) in [7, 11) is -3.78. The van der Waals surface area contributed by atoms with Gasteiger partial charge in [-0.2, -0.15) is 5.10 Å². The quantitative estimate of drug-likeness (QED) is 0.526. The summed E-state index contributed by atoms with van der Waals surface area (Å²) in [5.74, 6) is -0.753. The van der Waals surface area contributed by atoms with Gasteiger partial charge in [-0.1, -0.05) is 43.9 Å². The molecular weight excluding hydrogens is 460 g/mol. The van der Waals surface area contributed by atoms with Crippen LogP contribution in [0.4, 0.5) is 0 Å². The molecule has 3 N–H and O–H groups in total. The second-order valence-electron chi connectivity index (χ2n) is 7.77. The molecule has 1 aromatic carbocycles. The fourth-order valence-corrected chi connectivity index (χ4v) is 5.01.